The minimum atomic E-state index is -0.0170. The molecule has 0 saturated carbocycles. The fraction of sp³-hybridized carbons (Fsp3) is 0.500. The van der Waals surface area contributed by atoms with Gasteiger partial charge in [0.1, 0.15) is 23.5 Å². The van der Waals surface area contributed by atoms with E-state index in [9.17, 15) is 0 Å². The van der Waals surface area contributed by atoms with Crippen molar-refractivity contribution < 1.29 is 9.15 Å². The van der Waals surface area contributed by atoms with Crippen molar-refractivity contribution in [1.82, 2.24) is 25.4 Å². The van der Waals surface area contributed by atoms with Gasteiger partial charge in [-0.15, -0.1) is 10.2 Å². The Bertz CT molecular complexity index is 900. The van der Waals surface area contributed by atoms with Gasteiger partial charge in [0.2, 0.25) is 0 Å². The molecule has 0 fully saturated rings. The van der Waals surface area contributed by atoms with Crippen LogP contribution in [0.4, 0.5) is 0 Å². The molecule has 8 nitrogen and oxygen atoms in total. The van der Waals surface area contributed by atoms with Gasteiger partial charge in [-0.1, -0.05) is 25.1 Å². The summed E-state index contributed by atoms with van der Waals surface area (Å²) in [5.41, 5.74) is 0.893. The third kappa shape index (κ3) is 6.06. The number of aromatic nitrogens is 3. The number of fused-ring (bicyclic) bond motifs is 1. The van der Waals surface area contributed by atoms with Crippen molar-refractivity contribution in [2.75, 3.05) is 26.3 Å². The number of nitrogens with one attached hydrogen (secondary N) is 2. The maximum absolute atomic E-state index is 6.00. The van der Waals surface area contributed by atoms with Crippen molar-refractivity contribution in [2.45, 2.75) is 46.2 Å². The number of ether oxygens (including phenoxy) is 1. The molecule has 0 amide bonds. The number of rotatable bonds is 11. The molecular formula is C22H32N6O2. The van der Waals surface area contributed by atoms with Gasteiger partial charge in [-0.2, -0.15) is 0 Å². The van der Waals surface area contributed by atoms with E-state index in [4.69, 9.17) is 14.1 Å². The number of hydrogen-bond donors (Lipinski definition) is 2. The lowest BCUT2D eigenvalue weighted by molar-refractivity contribution is 0.146. The fourth-order valence-electron chi connectivity index (χ4n) is 3.18. The average Bonchev–Trinajstić information content (AvgIpc) is 3.39. The van der Waals surface area contributed by atoms with E-state index in [0.717, 1.165) is 61.1 Å². The van der Waals surface area contributed by atoms with Crippen LogP contribution in [0, 0.1) is 0 Å². The summed E-state index contributed by atoms with van der Waals surface area (Å²) in [7, 11) is 0. The predicted octanol–water partition coefficient (Wildman–Crippen LogP) is 3.31. The van der Waals surface area contributed by atoms with Crippen molar-refractivity contribution in [3.8, 4) is 0 Å². The molecule has 2 heterocycles. The van der Waals surface area contributed by atoms with Gasteiger partial charge in [-0.3, -0.25) is 4.99 Å². The van der Waals surface area contributed by atoms with Crippen molar-refractivity contribution in [3.05, 3.63) is 48.2 Å². The fourth-order valence-corrected chi connectivity index (χ4v) is 3.18. The topological polar surface area (TPSA) is 89.5 Å². The van der Waals surface area contributed by atoms with Crippen LogP contribution in [-0.2, 0) is 17.7 Å². The van der Waals surface area contributed by atoms with Crippen LogP contribution in [0.2, 0.25) is 0 Å². The first-order valence-electron chi connectivity index (χ1n) is 10.7. The van der Waals surface area contributed by atoms with Crippen LogP contribution in [0.3, 0.4) is 0 Å². The third-order valence-electron chi connectivity index (χ3n) is 4.80. The molecular weight excluding hydrogens is 380 g/mol. The molecule has 0 aliphatic carbocycles. The smallest absolute Gasteiger partial charge is 0.191 e. The van der Waals surface area contributed by atoms with Crippen LogP contribution in [0.5, 0.6) is 0 Å². The van der Waals surface area contributed by atoms with Crippen molar-refractivity contribution in [3.63, 3.8) is 0 Å². The Labute approximate surface area is 177 Å². The Morgan fingerprint density at radius 3 is 2.97 bits per heavy atom. The first kappa shape index (κ1) is 21.8. The van der Waals surface area contributed by atoms with Crippen molar-refractivity contribution in [1.29, 1.82) is 0 Å². The molecule has 0 saturated heterocycles. The van der Waals surface area contributed by atoms with Gasteiger partial charge >= 0.3 is 0 Å². The highest BCUT2D eigenvalue weighted by Crippen LogP contribution is 2.23. The van der Waals surface area contributed by atoms with Crippen LogP contribution >= 0.6 is 0 Å². The van der Waals surface area contributed by atoms with Gasteiger partial charge in [-0.05, 0) is 32.4 Å². The number of guanidine groups is 1. The molecule has 1 atom stereocenters. The summed E-state index contributed by atoms with van der Waals surface area (Å²) in [4.78, 5) is 4.71. The number of hydrogen-bond acceptors (Lipinski definition) is 5. The molecule has 0 radical (unpaired) electrons. The molecule has 1 unspecified atom stereocenters. The Balaban J connectivity index is 1.61. The predicted molar refractivity (Wildman–Crippen MR) is 119 cm³/mol. The van der Waals surface area contributed by atoms with E-state index >= 15 is 0 Å². The summed E-state index contributed by atoms with van der Waals surface area (Å²) in [6, 6.07) is 10.1. The largest absolute Gasteiger partial charge is 0.459 e. The molecule has 0 aliphatic rings. The Hall–Kier alpha value is -2.87. The van der Waals surface area contributed by atoms with Gasteiger partial charge in [0.15, 0.2) is 5.96 Å². The number of aryl methyl sites for hydroxylation is 1. The van der Waals surface area contributed by atoms with Gasteiger partial charge in [0, 0.05) is 44.7 Å². The number of para-hydroxylation sites is 1. The quantitative estimate of drug-likeness (QED) is 0.285. The average molecular weight is 413 g/mol. The molecule has 0 spiro atoms. The molecule has 162 valence electrons. The molecule has 30 heavy (non-hydrogen) atoms. The number of nitrogens with zero attached hydrogens (tertiary/aromatic N) is 4. The standard InChI is InChI=1S/C22H32N6O2/c1-4-21-27-25-16-28(21)13-12-24-22(23-11-8-14-29-5-2)26-17(3)20-15-18-9-6-7-10-19(18)30-20/h6-7,9-10,15-17H,4-5,8,11-14H2,1-3H3,(H2,23,24,26). The Kier molecular flexibility index (Phi) is 8.26. The van der Waals surface area contributed by atoms with Crippen LogP contribution in [0.15, 0.2) is 46.1 Å². The van der Waals surface area contributed by atoms with Crippen LogP contribution in [0.1, 0.15) is 44.8 Å². The molecule has 0 bridgehead atoms. The second-order valence-electron chi connectivity index (χ2n) is 7.05. The molecule has 2 N–H and O–H groups in total. The van der Waals surface area contributed by atoms with Crippen LogP contribution in [-0.4, -0.2) is 47.0 Å². The van der Waals surface area contributed by atoms with Gasteiger partial charge in [-0.25, -0.2) is 0 Å². The highest BCUT2D eigenvalue weighted by molar-refractivity contribution is 5.81. The highest BCUT2D eigenvalue weighted by atomic mass is 16.5. The molecule has 1 aromatic carbocycles. The summed E-state index contributed by atoms with van der Waals surface area (Å²) >= 11 is 0. The van der Waals surface area contributed by atoms with E-state index in [-0.39, 0.29) is 6.04 Å². The van der Waals surface area contributed by atoms with E-state index < -0.39 is 0 Å². The first-order chi connectivity index (χ1) is 14.7. The summed E-state index contributed by atoms with van der Waals surface area (Å²) < 4.78 is 13.5. The maximum atomic E-state index is 6.00. The Morgan fingerprint density at radius 1 is 1.30 bits per heavy atom. The van der Waals surface area contributed by atoms with E-state index in [1.165, 1.54) is 0 Å². The lowest BCUT2D eigenvalue weighted by Gasteiger charge is -2.17. The molecule has 3 aromatic rings. The second-order valence-corrected chi connectivity index (χ2v) is 7.05. The maximum Gasteiger partial charge on any atom is 0.191 e. The van der Waals surface area contributed by atoms with E-state index in [0.29, 0.717) is 13.2 Å². The van der Waals surface area contributed by atoms with Crippen LogP contribution in [0.25, 0.3) is 11.0 Å². The molecule has 2 aromatic heterocycles. The summed E-state index contributed by atoms with van der Waals surface area (Å²) in [5, 5.41) is 16.1. The SMILES string of the molecule is CCOCCCN=C(NCCn1cnnc1CC)NC(C)c1cc2ccccc2o1. The van der Waals surface area contributed by atoms with E-state index in [2.05, 4.69) is 51.4 Å². The number of aliphatic imine (C=N–C) groups is 1. The molecule has 3 rings (SSSR count). The molecule has 0 aliphatic heterocycles. The van der Waals surface area contributed by atoms with Gasteiger partial charge < -0.3 is 24.4 Å². The van der Waals surface area contributed by atoms with E-state index in [1.807, 2.05) is 25.1 Å². The Morgan fingerprint density at radius 2 is 2.17 bits per heavy atom. The minimum Gasteiger partial charge on any atom is -0.459 e. The summed E-state index contributed by atoms with van der Waals surface area (Å²) in [6.07, 6.45) is 3.51. The number of furan rings is 1. The monoisotopic (exact) mass is 412 g/mol. The normalized spacial score (nSPS) is 13.0. The zero-order valence-electron chi connectivity index (χ0n) is 18.1. The van der Waals surface area contributed by atoms with Gasteiger partial charge in [0.05, 0.1) is 6.04 Å². The summed E-state index contributed by atoms with van der Waals surface area (Å²) in [5.74, 6) is 2.62. The lowest BCUT2D eigenvalue weighted by Crippen LogP contribution is -2.40. The second kappa shape index (κ2) is 11.3. The minimum absolute atomic E-state index is 0.0170. The van der Waals surface area contributed by atoms with Crippen molar-refractivity contribution in [2.24, 2.45) is 4.99 Å². The van der Waals surface area contributed by atoms with Gasteiger partial charge in [0.25, 0.3) is 0 Å². The van der Waals surface area contributed by atoms with Crippen LogP contribution < -0.4 is 10.6 Å². The summed E-state index contributed by atoms with van der Waals surface area (Å²) in [6.45, 7) is 9.78. The third-order valence-corrected chi connectivity index (χ3v) is 4.80. The number of benzene rings is 1. The zero-order chi connectivity index (χ0) is 21.2. The molecule has 8 heteroatoms. The first-order valence-corrected chi connectivity index (χ1v) is 10.7. The highest BCUT2D eigenvalue weighted by Gasteiger charge is 2.13. The van der Waals surface area contributed by atoms with Crippen molar-refractivity contribution >= 4 is 16.9 Å². The lowest BCUT2D eigenvalue weighted by atomic mass is 10.2. The zero-order valence-corrected chi connectivity index (χ0v) is 18.1. The van der Waals surface area contributed by atoms with E-state index in [1.54, 1.807) is 6.33 Å².